The van der Waals surface area contributed by atoms with Gasteiger partial charge in [-0.05, 0) is 51.5 Å². The van der Waals surface area contributed by atoms with Crippen LogP contribution in [0.1, 0.15) is 41.5 Å². The van der Waals surface area contributed by atoms with Crippen LogP contribution in [0.5, 0.6) is 0 Å². The van der Waals surface area contributed by atoms with Crippen LogP contribution in [0.2, 0.25) is 0 Å². The Bertz CT molecular complexity index is 829. The Labute approximate surface area is 152 Å². The van der Waals surface area contributed by atoms with Gasteiger partial charge in [-0.3, -0.25) is 9.59 Å². The second kappa shape index (κ2) is 7.27. The molecule has 0 radical (unpaired) electrons. The van der Waals surface area contributed by atoms with Crippen molar-refractivity contribution >= 4 is 11.8 Å². The van der Waals surface area contributed by atoms with E-state index >= 15 is 0 Å². The summed E-state index contributed by atoms with van der Waals surface area (Å²) < 4.78 is 14.8. The van der Waals surface area contributed by atoms with Crippen molar-refractivity contribution < 1.29 is 14.0 Å². The first-order valence-corrected chi connectivity index (χ1v) is 8.77. The molecule has 1 unspecified atom stereocenters. The standard InChI is InChI=1S/C19H23FN4O2/c1-12(11-23-10-4-5-17(23)25)21-19(26)18-13(2)22-24(14(18)3)16-8-6-15(20)7-9-16/h6-9,12H,4-5,10-11H2,1-3H3,(H,21,26). The first-order valence-electron chi connectivity index (χ1n) is 8.77. The molecule has 2 aromatic rings. The molecule has 26 heavy (non-hydrogen) atoms. The number of carbonyl (C=O) groups excluding carboxylic acids is 2. The predicted molar refractivity (Wildman–Crippen MR) is 95.7 cm³/mol. The summed E-state index contributed by atoms with van der Waals surface area (Å²) in [6.45, 7) is 6.73. The van der Waals surface area contributed by atoms with E-state index in [-0.39, 0.29) is 23.7 Å². The molecule has 0 bridgehead atoms. The summed E-state index contributed by atoms with van der Waals surface area (Å²) >= 11 is 0. The van der Waals surface area contributed by atoms with E-state index in [0.29, 0.717) is 35.6 Å². The molecule has 6 nitrogen and oxygen atoms in total. The smallest absolute Gasteiger partial charge is 0.255 e. The summed E-state index contributed by atoms with van der Waals surface area (Å²) in [7, 11) is 0. The van der Waals surface area contributed by atoms with Crippen LogP contribution in [-0.4, -0.2) is 45.6 Å². The number of nitrogens with zero attached hydrogens (tertiary/aromatic N) is 3. The fourth-order valence-corrected chi connectivity index (χ4v) is 3.37. The van der Waals surface area contributed by atoms with E-state index in [1.54, 1.807) is 28.6 Å². The number of hydrogen-bond donors (Lipinski definition) is 1. The Kier molecular flexibility index (Phi) is 5.06. The van der Waals surface area contributed by atoms with Gasteiger partial charge in [-0.1, -0.05) is 0 Å². The largest absolute Gasteiger partial charge is 0.348 e. The molecule has 1 aromatic carbocycles. The maximum atomic E-state index is 13.1. The van der Waals surface area contributed by atoms with E-state index in [1.165, 1.54) is 12.1 Å². The Balaban J connectivity index is 1.75. The van der Waals surface area contributed by atoms with Crippen LogP contribution in [0.3, 0.4) is 0 Å². The molecule has 0 spiro atoms. The normalized spacial score (nSPS) is 15.4. The zero-order chi connectivity index (χ0) is 18.8. The van der Waals surface area contributed by atoms with Gasteiger partial charge in [-0.15, -0.1) is 0 Å². The average molecular weight is 358 g/mol. The molecule has 1 atom stereocenters. The number of nitrogens with one attached hydrogen (secondary N) is 1. The van der Waals surface area contributed by atoms with E-state index in [9.17, 15) is 14.0 Å². The highest BCUT2D eigenvalue weighted by Gasteiger charge is 2.24. The van der Waals surface area contributed by atoms with Crippen molar-refractivity contribution in [1.29, 1.82) is 0 Å². The highest BCUT2D eigenvalue weighted by atomic mass is 19.1. The van der Waals surface area contributed by atoms with Gasteiger partial charge in [0.05, 0.1) is 22.6 Å². The van der Waals surface area contributed by atoms with E-state index in [4.69, 9.17) is 0 Å². The minimum absolute atomic E-state index is 0.141. The zero-order valence-corrected chi connectivity index (χ0v) is 15.3. The molecule has 2 heterocycles. The van der Waals surface area contributed by atoms with Crippen LogP contribution in [0.15, 0.2) is 24.3 Å². The molecule has 1 aliphatic rings. The third-order valence-corrected chi connectivity index (χ3v) is 4.63. The monoisotopic (exact) mass is 358 g/mol. The molecule has 3 rings (SSSR count). The molecule has 1 saturated heterocycles. The lowest BCUT2D eigenvalue weighted by molar-refractivity contribution is -0.127. The van der Waals surface area contributed by atoms with E-state index < -0.39 is 0 Å². The van der Waals surface area contributed by atoms with Gasteiger partial charge in [-0.2, -0.15) is 5.10 Å². The first-order chi connectivity index (χ1) is 12.4. The molecule has 7 heteroatoms. The van der Waals surface area contributed by atoms with Crippen LogP contribution in [0, 0.1) is 19.7 Å². The Morgan fingerprint density at radius 1 is 1.31 bits per heavy atom. The SMILES string of the molecule is Cc1nn(-c2ccc(F)cc2)c(C)c1C(=O)NC(C)CN1CCCC1=O. The molecule has 1 aliphatic heterocycles. The Hall–Kier alpha value is -2.70. The van der Waals surface area contributed by atoms with Crippen LogP contribution >= 0.6 is 0 Å². The molecular formula is C19H23FN4O2. The van der Waals surface area contributed by atoms with Crippen molar-refractivity contribution in [3.63, 3.8) is 0 Å². The minimum atomic E-state index is -0.321. The van der Waals surface area contributed by atoms with Crippen molar-refractivity contribution in [3.05, 3.63) is 47.0 Å². The molecule has 0 aliphatic carbocycles. The number of aromatic nitrogens is 2. The second-order valence-electron chi connectivity index (χ2n) is 6.75. The highest BCUT2D eigenvalue weighted by Crippen LogP contribution is 2.18. The van der Waals surface area contributed by atoms with Gasteiger partial charge in [0.15, 0.2) is 0 Å². The number of benzene rings is 1. The van der Waals surface area contributed by atoms with Crippen molar-refractivity contribution in [1.82, 2.24) is 20.0 Å². The molecule has 1 aromatic heterocycles. The third kappa shape index (κ3) is 3.61. The Morgan fingerprint density at radius 2 is 2.00 bits per heavy atom. The van der Waals surface area contributed by atoms with Crippen molar-refractivity contribution in [2.45, 2.75) is 39.7 Å². The van der Waals surface area contributed by atoms with E-state index in [0.717, 1.165) is 13.0 Å². The van der Waals surface area contributed by atoms with Gasteiger partial charge < -0.3 is 10.2 Å². The van der Waals surface area contributed by atoms with Crippen LogP contribution in [0.4, 0.5) is 4.39 Å². The summed E-state index contributed by atoms with van der Waals surface area (Å²) in [4.78, 5) is 26.2. The minimum Gasteiger partial charge on any atom is -0.348 e. The lowest BCUT2D eigenvalue weighted by atomic mass is 10.1. The maximum absolute atomic E-state index is 13.1. The number of aryl methyl sites for hydroxylation is 1. The summed E-state index contributed by atoms with van der Waals surface area (Å²) in [6.07, 6.45) is 1.46. The second-order valence-corrected chi connectivity index (χ2v) is 6.75. The van der Waals surface area contributed by atoms with Gasteiger partial charge in [-0.25, -0.2) is 9.07 Å². The van der Waals surface area contributed by atoms with Crippen LogP contribution in [-0.2, 0) is 4.79 Å². The summed E-state index contributed by atoms with van der Waals surface area (Å²) in [5.74, 6) is -0.395. The third-order valence-electron chi connectivity index (χ3n) is 4.63. The number of amides is 2. The quantitative estimate of drug-likeness (QED) is 0.892. The van der Waals surface area contributed by atoms with Gasteiger partial charge >= 0.3 is 0 Å². The van der Waals surface area contributed by atoms with Crippen molar-refractivity contribution in [2.75, 3.05) is 13.1 Å². The fraction of sp³-hybridized carbons (Fsp3) is 0.421. The molecular weight excluding hydrogens is 335 g/mol. The summed E-state index contributed by atoms with van der Waals surface area (Å²) in [5.41, 5.74) is 2.50. The predicted octanol–water partition coefficient (Wildman–Crippen LogP) is 2.37. The van der Waals surface area contributed by atoms with Crippen molar-refractivity contribution in [3.8, 4) is 5.69 Å². The van der Waals surface area contributed by atoms with Crippen LogP contribution in [0.25, 0.3) is 5.69 Å². The van der Waals surface area contributed by atoms with Gasteiger partial charge in [0.1, 0.15) is 5.82 Å². The zero-order valence-electron chi connectivity index (χ0n) is 15.3. The average Bonchev–Trinajstić information content (AvgIpc) is 3.11. The number of halogens is 1. The number of hydrogen-bond acceptors (Lipinski definition) is 3. The van der Waals surface area contributed by atoms with E-state index in [2.05, 4.69) is 10.4 Å². The van der Waals surface area contributed by atoms with Crippen LogP contribution < -0.4 is 5.32 Å². The first kappa shape index (κ1) is 18.1. The number of likely N-dealkylation sites (tertiary alicyclic amines) is 1. The molecule has 1 N–H and O–H groups in total. The fourth-order valence-electron chi connectivity index (χ4n) is 3.37. The maximum Gasteiger partial charge on any atom is 0.255 e. The molecule has 2 amide bonds. The van der Waals surface area contributed by atoms with Gasteiger partial charge in [0.25, 0.3) is 5.91 Å². The molecule has 0 saturated carbocycles. The molecule has 138 valence electrons. The summed E-state index contributed by atoms with van der Waals surface area (Å²) in [6, 6.07) is 5.81. The van der Waals surface area contributed by atoms with Gasteiger partial charge in [0.2, 0.25) is 5.91 Å². The lowest BCUT2D eigenvalue weighted by Crippen LogP contribution is -2.42. The van der Waals surface area contributed by atoms with E-state index in [1.807, 2.05) is 13.8 Å². The number of rotatable bonds is 5. The highest BCUT2D eigenvalue weighted by molar-refractivity contribution is 5.96. The van der Waals surface area contributed by atoms with Crippen molar-refractivity contribution in [2.24, 2.45) is 0 Å². The summed E-state index contributed by atoms with van der Waals surface area (Å²) in [5, 5.41) is 7.38. The lowest BCUT2D eigenvalue weighted by Gasteiger charge is -2.21. The number of carbonyl (C=O) groups is 2. The van der Waals surface area contributed by atoms with Gasteiger partial charge in [0, 0.05) is 25.6 Å². The topological polar surface area (TPSA) is 67.2 Å². The molecule has 1 fully saturated rings. The Morgan fingerprint density at radius 3 is 2.62 bits per heavy atom.